The molecule has 0 fully saturated rings. The van der Waals surface area contributed by atoms with Gasteiger partial charge in [-0.3, -0.25) is 0 Å². The Balaban J connectivity index is 1.99. The van der Waals surface area contributed by atoms with Gasteiger partial charge in [0.2, 0.25) is 0 Å². The van der Waals surface area contributed by atoms with Gasteiger partial charge in [0.1, 0.15) is 0 Å². The van der Waals surface area contributed by atoms with Gasteiger partial charge in [0.25, 0.3) is 0 Å². The van der Waals surface area contributed by atoms with E-state index < -0.39 is 0 Å². The Kier molecular flexibility index (Phi) is 3.22. The Bertz CT molecular complexity index is 348. The number of hydrogen-bond acceptors (Lipinski definition) is 1. The van der Waals surface area contributed by atoms with Crippen LogP contribution in [0.25, 0.3) is 0 Å². The molecule has 1 aliphatic rings. The van der Waals surface area contributed by atoms with E-state index in [1.165, 1.54) is 36.0 Å². The smallest absolute Gasteiger partial charge is 0.0294 e. The van der Waals surface area contributed by atoms with Crippen molar-refractivity contribution in [3.63, 3.8) is 0 Å². The molecule has 0 radical (unpaired) electrons. The Labute approximate surface area is 92.0 Å². The standard InChI is InChI=1S/C14H19N/c1-11-6-8-12(9-7-11)10-14(15)13-4-2-3-5-13/h4,6-9,14H,2-3,5,10,15H2,1H3. The molecule has 0 aliphatic heterocycles. The molecule has 1 nitrogen and oxygen atoms in total. The minimum atomic E-state index is 0.232. The van der Waals surface area contributed by atoms with Crippen LogP contribution in [0.4, 0.5) is 0 Å². The first-order valence-electron chi connectivity index (χ1n) is 5.76. The van der Waals surface area contributed by atoms with Crippen LogP contribution in [0.3, 0.4) is 0 Å². The molecule has 0 aromatic heterocycles. The predicted octanol–water partition coefficient (Wildman–Crippen LogP) is 2.98. The van der Waals surface area contributed by atoms with E-state index >= 15 is 0 Å². The fraction of sp³-hybridized carbons (Fsp3) is 0.429. The van der Waals surface area contributed by atoms with Gasteiger partial charge in [-0.2, -0.15) is 0 Å². The summed E-state index contributed by atoms with van der Waals surface area (Å²) >= 11 is 0. The number of benzene rings is 1. The fourth-order valence-electron chi connectivity index (χ4n) is 2.14. The monoisotopic (exact) mass is 201 g/mol. The molecular weight excluding hydrogens is 182 g/mol. The lowest BCUT2D eigenvalue weighted by atomic mass is 9.99. The molecule has 15 heavy (non-hydrogen) atoms. The van der Waals surface area contributed by atoms with E-state index in [9.17, 15) is 0 Å². The van der Waals surface area contributed by atoms with Crippen molar-refractivity contribution in [1.29, 1.82) is 0 Å². The summed E-state index contributed by atoms with van der Waals surface area (Å²) in [5, 5.41) is 0. The normalized spacial score (nSPS) is 17.6. The Morgan fingerprint density at radius 2 is 2.00 bits per heavy atom. The predicted molar refractivity (Wildman–Crippen MR) is 64.8 cm³/mol. The molecule has 1 unspecified atom stereocenters. The lowest BCUT2D eigenvalue weighted by molar-refractivity contribution is 0.729. The molecule has 0 heterocycles. The summed E-state index contributed by atoms with van der Waals surface area (Å²) in [5.74, 6) is 0. The summed E-state index contributed by atoms with van der Waals surface area (Å²) in [5.41, 5.74) is 10.3. The third-order valence-corrected chi connectivity index (χ3v) is 3.13. The quantitative estimate of drug-likeness (QED) is 0.747. The Hall–Kier alpha value is -1.08. The van der Waals surface area contributed by atoms with Crippen molar-refractivity contribution in [3.8, 4) is 0 Å². The topological polar surface area (TPSA) is 26.0 Å². The second-order valence-electron chi connectivity index (χ2n) is 4.47. The summed E-state index contributed by atoms with van der Waals surface area (Å²) in [4.78, 5) is 0. The SMILES string of the molecule is Cc1ccc(CC(N)C2=CCCC2)cc1. The van der Waals surface area contributed by atoms with E-state index in [1.54, 1.807) is 0 Å². The fourth-order valence-corrected chi connectivity index (χ4v) is 2.14. The van der Waals surface area contributed by atoms with Gasteiger partial charge in [-0.25, -0.2) is 0 Å². The molecule has 0 saturated carbocycles. The van der Waals surface area contributed by atoms with E-state index in [-0.39, 0.29) is 6.04 Å². The molecule has 1 aromatic carbocycles. The minimum Gasteiger partial charge on any atom is -0.324 e. The van der Waals surface area contributed by atoms with Crippen LogP contribution >= 0.6 is 0 Å². The van der Waals surface area contributed by atoms with Gasteiger partial charge in [-0.05, 0) is 38.2 Å². The van der Waals surface area contributed by atoms with Gasteiger partial charge in [-0.1, -0.05) is 41.5 Å². The van der Waals surface area contributed by atoms with Gasteiger partial charge in [-0.15, -0.1) is 0 Å². The highest BCUT2D eigenvalue weighted by molar-refractivity contribution is 5.25. The zero-order chi connectivity index (χ0) is 10.7. The maximum absolute atomic E-state index is 6.18. The molecule has 2 rings (SSSR count). The summed E-state index contributed by atoms with van der Waals surface area (Å²) in [7, 11) is 0. The van der Waals surface area contributed by atoms with Crippen molar-refractivity contribution < 1.29 is 0 Å². The maximum atomic E-state index is 6.18. The maximum Gasteiger partial charge on any atom is 0.0294 e. The van der Waals surface area contributed by atoms with Crippen molar-refractivity contribution in [1.82, 2.24) is 0 Å². The first-order chi connectivity index (χ1) is 7.25. The summed E-state index contributed by atoms with van der Waals surface area (Å²) in [6.45, 7) is 2.11. The number of rotatable bonds is 3. The lowest BCUT2D eigenvalue weighted by Gasteiger charge is -2.13. The van der Waals surface area contributed by atoms with E-state index in [4.69, 9.17) is 5.73 Å². The second kappa shape index (κ2) is 4.63. The second-order valence-corrected chi connectivity index (χ2v) is 4.47. The number of hydrogen-bond donors (Lipinski definition) is 1. The molecule has 0 amide bonds. The van der Waals surface area contributed by atoms with Gasteiger partial charge in [0.15, 0.2) is 0 Å². The van der Waals surface area contributed by atoms with Crippen LogP contribution < -0.4 is 5.73 Å². The van der Waals surface area contributed by atoms with Crippen molar-refractivity contribution >= 4 is 0 Å². The number of aryl methyl sites for hydroxylation is 1. The van der Waals surface area contributed by atoms with Crippen LogP contribution in [-0.2, 0) is 6.42 Å². The zero-order valence-corrected chi connectivity index (χ0v) is 9.37. The van der Waals surface area contributed by atoms with Crippen molar-refractivity contribution in [2.24, 2.45) is 5.73 Å². The summed E-state index contributed by atoms with van der Waals surface area (Å²) in [6.07, 6.45) is 7.01. The highest BCUT2D eigenvalue weighted by Crippen LogP contribution is 2.21. The Morgan fingerprint density at radius 1 is 1.27 bits per heavy atom. The molecule has 80 valence electrons. The molecule has 1 aromatic rings. The lowest BCUT2D eigenvalue weighted by Crippen LogP contribution is -2.24. The molecule has 0 spiro atoms. The van der Waals surface area contributed by atoms with Crippen molar-refractivity contribution in [3.05, 3.63) is 47.0 Å². The van der Waals surface area contributed by atoms with Gasteiger partial charge in [0, 0.05) is 6.04 Å². The highest BCUT2D eigenvalue weighted by Gasteiger charge is 2.13. The third-order valence-electron chi connectivity index (χ3n) is 3.13. The van der Waals surface area contributed by atoms with Crippen LogP contribution in [0.5, 0.6) is 0 Å². The van der Waals surface area contributed by atoms with E-state index in [0.717, 1.165) is 6.42 Å². The van der Waals surface area contributed by atoms with Gasteiger partial charge >= 0.3 is 0 Å². The summed E-state index contributed by atoms with van der Waals surface area (Å²) in [6, 6.07) is 8.92. The molecule has 1 aliphatic carbocycles. The largest absolute Gasteiger partial charge is 0.324 e. The van der Waals surface area contributed by atoms with Crippen LogP contribution in [-0.4, -0.2) is 6.04 Å². The molecule has 2 N–H and O–H groups in total. The molecule has 0 bridgehead atoms. The first kappa shape index (κ1) is 10.4. The average molecular weight is 201 g/mol. The van der Waals surface area contributed by atoms with Crippen LogP contribution in [0, 0.1) is 6.92 Å². The van der Waals surface area contributed by atoms with Crippen LogP contribution in [0.1, 0.15) is 30.4 Å². The third kappa shape index (κ3) is 2.69. The number of allylic oxidation sites excluding steroid dienone is 1. The van der Waals surface area contributed by atoms with Gasteiger partial charge in [0.05, 0.1) is 0 Å². The minimum absolute atomic E-state index is 0.232. The summed E-state index contributed by atoms with van der Waals surface area (Å²) < 4.78 is 0. The van der Waals surface area contributed by atoms with E-state index in [0.29, 0.717) is 0 Å². The van der Waals surface area contributed by atoms with E-state index in [1.807, 2.05) is 0 Å². The molecule has 1 heteroatoms. The zero-order valence-electron chi connectivity index (χ0n) is 9.37. The Morgan fingerprint density at radius 3 is 2.60 bits per heavy atom. The van der Waals surface area contributed by atoms with Crippen LogP contribution in [0.15, 0.2) is 35.9 Å². The highest BCUT2D eigenvalue weighted by atomic mass is 14.6. The van der Waals surface area contributed by atoms with Crippen molar-refractivity contribution in [2.45, 2.75) is 38.6 Å². The van der Waals surface area contributed by atoms with Crippen LogP contribution in [0.2, 0.25) is 0 Å². The van der Waals surface area contributed by atoms with Crippen molar-refractivity contribution in [2.75, 3.05) is 0 Å². The first-order valence-corrected chi connectivity index (χ1v) is 5.76. The molecule has 0 saturated heterocycles. The molecule has 1 atom stereocenters. The average Bonchev–Trinajstić information content (AvgIpc) is 2.74. The van der Waals surface area contributed by atoms with Gasteiger partial charge < -0.3 is 5.73 Å². The van der Waals surface area contributed by atoms with E-state index in [2.05, 4.69) is 37.3 Å². The number of nitrogens with two attached hydrogens (primary N) is 1. The molecular formula is C14H19N.